The number of likely N-dealkylation sites (N-methyl/N-ethyl adjacent to an activating group) is 1. The van der Waals surface area contributed by atoms with Crippen molar-refractivity contribution in [3.8, 4) is 11.5 Å². The molecule has 1 aromatic carbocycles. The highest BCUT2D eigenvalue weighted by Crippen LogP contribution is 2.34. The molecule has 0 radical (unpaired) electrons. The molecule has 166 valence electrons. The molecule has 0 N–H and O–H groups in total. The summed E-state index contributed by atoms with van der Waals surface area (Å²) in [5, 5.41) is 1.15. The van der Waals surface area contributed by atoms with Crippen molar-refractivity contribution in [2.75, 3.05) is 58.5 Å². The molecule has 0 saturated carbocycles. The van der Waals surface area contributed by atoms with Gasteiger partial charge in [-0.2, -0.15) is 0 Å². The SMILES string of the molecule is COc1ccc(OCCN(C)c2nc(CN3CCOCC3)nc3sc(C)c(C)c23)cc1. The van der Waals surface area contributed by atoms with Crippen molar-refractivity contribution < 1.29 is 14.2 Å². The number of ether oxygens (including phenoxy) is 3. The van der Waals surface area contributed by atoms with Crippen LogP contribution in [0.25, 0.3) is 10.2 Å². The van der Waals surface area contributed by atoms with E-state index in [1.165, 1.54) is 10.4 Å². The van der Waals surface area contributed by atoms with Crippen molar-refractivity contribution in [2.45, 2.75) is 20.4 Å². The third-order valence-corrected chi connectivity index (χ3v) is 6.74. The Morgan fingerprint density at radius 1 is 1.10 bits per heavy atom. The number of methoxy groups -OCH3 is 1. The first-order chi connectivity index (χ1) is 15.0. The Hall–Kier alpha value is -2.42. The first kappa shape index (κ1) is 21.8. The van der Waals surface area contributed by atoms with Gasteiger partial charge >= 0.3 is 0 Å². The van der Waals surface area contributed by atoms with E-state index in [4.69, 9.17) is 24.2 Å². The lowest BCUT2D eigenvalue weighted by atomic mass is 10.2. The number of fused-ring (bicyclic) bond motifs is 1. The molecule has 8 heteroatoms. The highest BCUT2D eigenvalue weighted by molar-refractivity contribution is 7.18. The minimum atomic E-state index is 0.565. The third-order valence-electron chi connectivity index (χ3n) is 5.64. The first-order valence-corrected chi connectivity index (χ1v) is 11.4. The van der Waals surface area contributed by atoms with Gasteiger partial charge < -0.3 is 19.1 Å². The number of benzene rings is 1. The lowest BCUT2D eigenvalue weighted by Crippen LogP contribution is -2.36. The summed E-state index contributed by atoms with van der Waals surface area (Å²) in [6.07, 6.45) is 0. The highest BCUT2D eigenvalue weighted by atomic mass is 32.1. The predicted molar refractivity (Wildman–Crippen MR) is 125 cm³/mol. The van der Waals surface area contributed by atoms with Gasteiger partial charge in [0.2, 0.25) is 0 Å². The van der Waals surface area contributed by atoms with E-state index in [0.717, 1.165) is 72.8 Å². The van der Waals surface area contributed by atoms with Crippen molar-refractivity contribution in [3.63, 3.8) is 0 Å². The van der Waals surface area contributed by atoms with Crippen LogP contribution in [-0.4, -0.2) is 68.5 Å². The molecule has 1 aliphatic rings. The van der Waals surface area contributed by atoms with Gasteiger partial charge in [-0.25, -0.2) is 9.97 Å². The van der Waals surface area contributed by atoms with Crippen LogP contribution in [0.15, 0.2) is 24.3 Å². The molecule has 7 nitrogen and oxygen atoms in total. The second kappa shape index (κ2) is 9.80. The van der Waals surface area contributed by atoms with Crippen LogP contribution in [0.5, 0.6) is 11.5 Å². The standard InChI is InChI=1S/C23H30N4O3S/c1-16-17(2)31-23-21(16)22(24-20(25-23)15-27-10-12-29-13-11-27)26(3)9-14-30-19-7-5-18(28-4)6-8-19/h5-8H,9-15H2,1-4H3. The number of aryl methyl sites for hydroxylation is 2. The molecule has 0 unspecified atom stereocenters. The Bertz CT molecular complexity index is 1020. The quantitative estimate of drug-likeness (QED) is 0.528. The van der Waals surface area contributed by atoms with Gasteiger partial charge in [0, 0.05) is 25.0 Å². The number of aromatic nitrogens is 2. The summed E-state index contributed by atoms with van der Waals surface area (Å²) < 4.78 is 16.6. The monoisotopic (exact) mass is 442 g/mol. The minimum Gasteiger partial charge on any atom is -0.497 e. The molecular weight excluding hydrogens is 412 g/mol. The smallest absolute Gasteiger partial charge is 0.146 e. The molecule has 0 amide bonds. The molecule has 0 spiro atoms. The average molecular weight is 443 g/mol. The lowest BCUT2D eigenvalue weighted by Gasteiger charge is -2.26. The van der Waals surface area contributed by atoms with E-state index >= 15 is 0 Å². The number of morpholine rings is 1. The maximum absolute atomic E-state index is 5.94. The number of rotatable bonds is 8. The topological polar surface area (TPSA) is 60.0 Å². The van der Waals surface area contributed by atoms with Crippen LogP contribution in [-0.2, 0) is 11.3 Å². The zero-order valence-corrected chi connectivity index (χ0v) is 19.5. The van der Waals surface area contributed by atoms with Gasteiger partial charge in [-0.3, -0.25) is 4.90 Å². The van der Waals surface area contributed by atoms with Crippen molar-refractivity contribution >= 4 is 27.4 Å². The second-order valence-electron chi connectivity index (χ2n) is 7.76. The summed E-state index contributed by atoms with van der Waals surface area (Å²) in [5.41, 5.74) is 1.26. The molecule has 31 heavy (non-hydrogen) atoms. The summed E-state index contributed by atoms with van der Waals surface area (Å²) in [4.78, 5) is 16.8. The molecule has 0 aliphatic carbocycles. The second-order valence-corrected chi connectivity index (χ2v) is 8.96. The average Bonchev–Trinajstić information content (AvgIpc) is 3.07. The minimum absolute atomic E-state index is 0.565. The molecule has 1 aliphatic heterocycles. The van der Waals surface area contributed by atoms with Crippen LogP contribution in [0.4, 0.5) is 5.82 Å². The molecule has 1 saturated heterocycles. The van der Waals surface area contributed by atoms with Gasteiger partial charge in [-0.1, -0.05) is 0 Å². The number of anilines is 1. The molecule has 4 rings (SSSR count). The fourth-order valence-corrected chi connectivity index (χ4v) is 4.70. The first-order valence-electron chi connectivity index (χ1n) is 10.6. The zero-order chi connectivity index (χ0) is 21.8. The van der Waals surface area contributed by atoms with Crippen LogP contribution in [0.1, 0.15) is 16.3 Å². The maximum atomic E-state index is 5.94. The van der Waals surface area contributed by atoms with E-state index in [-0.39, 0.29) is 0 Å². The largest absolute Gasteiger partial charge is 0.497 e. The Labute approximate surface area is 187 Å². The van der Waals surface area contributed by atoms with Crippen LogP contribution in [0, 0.1) is 13.8 Å². The summed E-state index contributed by atoms with van der Waals surface area (Å²) >= 11 is 1.75. The maximum Gasteiger partial charge on any atom is 0.146 e. The molecular formula is C23H30N4O3S. The molecule has 2 aromatic heterocycles. The van der Waals surface area contributed by atoms with E-state index in [2.05, 4.69) is 30.7 Å². The molecule has 1 fully saturated rings. The van der Waals surface area contributed by atoms with Crippen molar-refractivity contribution in [1.29, 1.82) is 0 Å². The summed E-state index contributed by atoms with van der Waals surface area (Å²) in [7, 11) is 3.73. The third kappa shape index (κ3) is 5.08. The predicted octanol–water partition coefficient (Wildman–Crippen LogP) is 3.66. The van der Waals surface area contributed by atoms with E-state index in [1.54, 1.807) is 18.4 Å². The van der Waals surface area contributed by atoms with Gasteiger partial charge in [-0.05, 0) is 43.7 Å². The van der Waals surface area contributed by atoms with E-state index in [0.29, 0.717) is 6.61 Å². The van der Waals surface area contributed by atoms with Gasteiger partial charge in [0.05, 0.1) is 38.8 Å². The fourth-order valence-electron chi connectivity index (χ4n) is 3.66. The lowest BCUT2D eigenvalue weighted by molar-refractivity contribution is 0.0331. The van der Waals surface area contributed by atoms with E-state index in [9.17, 15) is 0 Å². The van der Waals surface area contributed by atoms with E-state index in [1.807, 2.05) is 24.3 Å². The molecule has 0 bridgehead atoms. The van der Waals surface area contributed by atoms with Gasteiger partial charge in [0.15, 0.2) is 0 Å². The Kier molecular flexibility index (Phi) is 6.89. The molecule has 3 aromatic rings. The van der Waals surface area contributed by atoms with Gasteiger partial charge in [0.25, 0.3) is 0 Å². The van der Waals surface area contributed by atoms with Crippen molar-refractivity contribution in [1.82, 2.24) is 14.9 Å². The molecule has 3 heterocycles. The van der Waals surface area contributed by atoms with Gasteiger partial charge in [0.1, 0.15) is 34.6 Å². The van der Waals surface area contributed by atoms with Crippen LogP contribution in [0.3, 0.4) is 0 Å². The Morgan fingerprint density at radius 2 is 1.81 bits per heavy atom. The molecule has 0 atom stereocenters. The van der Waals surface area contributed by atoms with Crippen LogP contribution < -0.4 is 14.4 Å². The summed E-state index contributed by atoms with van der Waals surface area (Å²) in [5.74, 6) is 3.50. The van der Waals surface area contributed by atoms with Gasteiger partial charge in [-0.15, -0.1) is 11.3 Å². The number of hydrogen-bond acceptors (Lipinski definition) is 8. The number of thiophene rings is 1. The van der Waals surface area contributed by atoms with Crippen LogP contribution >= 0.6 is 11.3 Å². The summed E-state index contributed by atoms with van der Waals surface area (Å²) in [6.45, 7) is 9.74. The highest BCUT2D eigenvalue weighted by Gasteiger charge is 2.19. The van der Waals surface area contributed by atoms with E-state index < -0.39 is 0 Å². The van der Waals surface area contributed by atoms with Crippen molar-refractivity contribution in [3.05, 3.63) is 40.5 Å². The Morgan fingerprint density at radius 3 is 2.52 bits per heavy atom. The zero-order valence-electron chi connectivity index (χ0n) is 18.7. The summed E-state index contributed by atoms with van der Waals surface area (Å²) in [6, 6.07) is 7.66. The van der Waals surface area contributed by atoms with Crippen molar-refractivity contribution in [2.24, 2.45) is 0 Å². The fraction of sp³-hybridized carbons (Fsp3) is 0.478. The normalized spacial score (nSPS) is 14.7. The van der Waals surface area contributed by atoms with Crippen LogP contribution in [0.2, 0.25) is 0 Å². The Balaban J connectivity index is 1.50. The number of hydrogen-bond donors (Lipinski definition) is 0. The number of nitrogens with zero attached hydrogens (tertiary/aromatic N) is 4.